The van der Waals surface area contributed by atoms with E-state index in [1.165, 1.54) is 0 Å². The Hall–Kier alpha value is -2.89. The molecule has 4 rings (SSSR count). The summed E-state index contributed by atoms with van der Waals surface area (Å²) < 4.78 is 22.4. The zero-order valence-electron chi connectivity index (χ0n) is 27.0. The Kier molecular flexibility index (Phi) is 10.9. The number of halogens is 1. The third-order valence-electron chi connectivity index (χ3n) is 9.20. The molecule has 10 nitrogen and oxygen atoms in total. The van der Waals surface area contributed by atoms with Gasteiger partial charge in [0.2, 0.25) is 0 Å². The van der Waals surface area contributed by atoms with Gasteiger partial charge in [0.1, 0.15) is 0 Å². The van der Waals surface area contributed by atoms with Gasteiger partial charge in [0.15, 0.2) is 17.4 Å². The Morgan fingerprint density at radius 3 is 2.53 bits per heavy atom. The quantitative estimate of drug-likeness (QED) is 0.231. The molecule has 1 amide bonds. The first-order chi connectivity index (χ1) is 20.5. The molecule has 2 fully saturated rings. The predicted molar refractivity (Wildman–Crippen MR) is 166 cm³/mol. The summed E-state index contributed by atoms with van der Waals surface area (Å²) in [7, 11) is 3.83. The van der Waals surface area contributed by atoms with Crippen LogP contribution in [-0.4, -0.2) is 96.2 Å². The second kappa shape index (κ2) is 14.3. The average molecular weight is 600 g/mol. The summed E-state index contributed by atoms with van der Waals surface area (Å²) in [6, 6.07) is 8.98. The van der Waals surface area contributed by atoms with Crippen LogP contribution in [0, 0.1) is 11.3 Å². The van der Waals surface area contributed by atoms with Crippen LogP contribution in [0.4, 0.5) is 10.2 Å². The van der Waals surface area contributed by atoms with Crippen molar-refractivity contribution in [2.24, 2.45) is 11.3 Å². The van der Waals surface area contributed by atoms with Gasteiger partial charge in [0.05, 0.1) is 12.0 Å². The lowest BCUT2D eigenvalue weighted by molar-refractivity contribution is -0.255. The smallest absolute Gasteiger partial charge is 0.307 e. The van der Waals surface area contributed by atoms with Crippen molar-refractivity contribution < 1.29 is 18.8 Å². The third-order valence-corrected chi connectivity index (χ3v) is 9.20. The minimum Gasteiger partial charge on any atom is -0.383 e. The van der Waals surface area contributed by atoms with Gasteiger partial charge in [0.25, 0.3) is 5.91 Å². The molecular weight excluding hydrogens is 549 g/mol. The maximum atomic E-state index is 17.2. The highest BCUT2D eigenvalue weighted by Gasteiger charge is 2.68. The summed E-state index contributed by atoms with van der Waals surface area (Å²) in [4.78, 5) is 29.6. The number of carbonyl (C=O) groups is 1. The van der Waals surface area contributed by atoms with Gasteiger partial charge in [-0.3, -0.25) is 9.69 Å². The summed E-state index contributed by atoms with van der Waals surface area (Å²) in [6.45, 7) is 14.8. The molecule has 0 bridgehead atoms. The normalized spacial score (nSPS) is 22.9. The molecule has 2 aromatic rings. The van der Waals surface area contributed by atoms with Crippen LogP contribution < -0.4 is 15.2 Å². The van der Waals surface area contributed by atoms with Crippen LogP contribution in [0.2, 0.25) is 0 Å². The number of hydrogen-bond acceptors (Lipinski definition) is 9. The summed E-state index contributed by atoms with van der Waals surface area (Å²) in [5, 5.41) is 8.52. The lowest BCUT2D eigenvalue weighted by Gasteiger charge is -2.63. The lowest BCUT2D eigenvalue weighted by atomic mass is 9.65. The van der Waals surface area contributed by atoms with Crippen molar-refractivity contribution in [2.45, 2.75) is 78.1 Å². The van der Waals surface area contributed by atoms with E-state index in [2.05, 4.69) is 51.3 Å². The Labute approximate surface area is 256 Å². The number of likely N-dealkylation sites (N-methyl/N-ethyl adjacent to an activating group) is 1. The van der Waals surface area contributed by atoms with Gasteiger partial charge in [-0.1, -0.05) is 52.8 Å². The maximum absolute atomic E-state index is 17.2. The fourth-order valence-corrected chi connectivity index (χ4v) is 6.60. The van der Waals surface area contributed by atoms with E-state index in [0.29, 0.717) is 62.2 Å². The van der Waals surface area contributed by atoms with Crippen LogP contribution in [0.3, 0.4) is 0 Å². The van der Waals surface area contributed by atoms with Crippen molar-refractivity contribution in [1.82, 2.24) is 30.5 Å². The van der Waals surface area contributed by atoms with Crippen LogP contribution in [-0.2, 0) is 4.74 Å². The third kappa shape index (κ3) is 7.10. The van der Waals surface area contributed by atoms with Gasteiger partial charge < -0.3 is 19.4 Å². The molecular formula is C32H50FN7O3. The molecule has 2 saturated heterocycles. The largest absolute Gasteiger partial charge is 0.383 e. The summed E-state index contributed by atoms with van der Waals surface area (Å²) in [6.07, 6.45) is 3.09. The first kappa shape index (κ1) is 33.0. The van der Waals surface area contributed by atoms with Crippen LogP contribution in [0.25, 0.3) is 0 Å². The molecule has 1 N–H and O–H groups in total. The Morgan fingerprint density at radius 2 is 1.88 bits per heavy atom. The van der Waals surface area contributed by atoms with Gasteiger partial charge in [-0.25, -0.2) is 9.37 Å². The number of nitrogens with zero attached hydrogens (tertiary/aromatic N) is 6. The van der Waals surface area contributed by atoms with E-state index in [1.54, 1.807) is 31.4 Å². The minimum absolute atomic E-state index is 0.0474. The van der Waals surface area contributed by atoms with Crippen LogP contribution in [0.5, 0.6) is 5.88 Å². The predicted octanol–water partition coefficient (Wildman–Crippen LogP) is 4.69. The van der Waals surface area contributed by atoms with Gasteiger partial charge in [0, 0.05) is 50.8 Å². The summed E-state index contributed by atoms with van der Waals surface area (Å²) in [5.41, 5.74) is 2.42. The zero-order chi connectivity index (χ0) is 31.2. The fourth-order valence-electron chi connectivity index (χ4n) is 6.60. The van der Waals surface area contributed by atoms with Crippen LogP contribution in [0.15, 0.2) is 30.3 Å². The first-order valence-corrected chi connectivity index (χ1v) is 15.7. The lowest BCUT2D eigenvalue weighted by Crippen LogP contribution is -2.75. The Morgan fingerprint density at radius 1 is 1.14 bits per heavy atom. The highest BCUT2D eigenvalue weighted by Crippen LogP contribution is 2.58. The highest BCUT2D eigenvalue weighted by atomic mass is 19.1. The number of benzene rings is 1. The van der Waals surface area contributed by atoms with Gasteiger partial charge in [-0.15, -0.1) is 10.2 Å². The number of hydroxylamine groups is 1. The second-order valence-electron chi connectivity index (χ2n) is 12.8. The zero-order valence-corrected chi connectivity index (χ0v) is 27.0. The molecule has 11 heteroatoms. The molecule has 43 heavy (non-hydrogen) atoms. The fraction of sp³-hybridized carbons (Fsp3) is 0.688. The molecule has 1 aromatic carbocycles. The highest BCUT2D eigenvalue weighted by molar-refractivity contribution is 5.93. The van der Waals surface area contributed by atoms with Crippen molar-refractivity contribution in [3.8, 4) is 5.88 Å². The van der Waals surface area contributed by atoms with Gasteiger partial charge in [-0.2, -0.15) is 5.48 Å². The van der Waals surface area contributed by atoms with E-state index >= 15 is 4.39 Å². The number of ether oxygens (including phenoxy) is 1. The number of amides is 1. The van der Waals surface area contributed by atoms with E-state index < -0.39 is 17.1 Å². The number of carbonyl (C=O) groups excluding carboxylic acids is 1. The first-order valence-electron chi connectivity index (χ1n) is 15.7. The molecule has 238 valence electrons. The van der Waals surface area contributed by atoms with Crippen molar-refractivity contribution in [1.29, 1.82) is 0 Å². The number of hydrogen-bond donors (Lipinski definition) is 1. The molecule has 3 atom stereocenters. The molecule has 0 radical (unpaired) electrons. The van der Waals surface area contributed by atoms with E-state index in [9.17, 15) is 4.79 Å². The Bertz CT molecular complexity index is 1200. The number of aromatic nitrogens is 3. The van der Waals surface area contributed by atoms with E-state index in [1.807, 2.05) is 26.8 Å². The average Bonchev–Trinajstić information content (AvgIpc) is 3.47. The molecule has 2 aliphatic rings. The standard InChI is InChI=1S/C32H50FN7O3/c1-8-32(33)31(22-40(32)26(23(2)3)15-12-17-38(6)19-20-42-7)16-18-39(21-31)28-30(36-35-27(34-28)24(4)5)43-37-29(41)25-13-10-9-11-14-25/h9-11,13-14,23-24,26H,8,12,15-22H2,1-7H3,(H,37,41)/t26-,31-,32+/m1/s1. The van der Waals surface area contributed by atoms with E-state index in [0.717, 1.165) is 25.9 Å². The molecule has 1 spiro atoms. The van der Waals surface area contributed by atoms with Crippen molar-refractivity contribution in [2.75, 3.05) is 58.4 Å². The van der Waals surface area contributed by atoms with Crippen LogP contribution >= 0.6 is 0 Å². The summed E-state index contributed by atoms with van der Waals surface area (Å²) >= 11 is 0. The molecule has 2 aliphatic heterocycles. The SMILES string of the molecule is CC[C@]1(F)N([C@H](CCCN(C)CCOC)C(C)C)C[C@]12CCN(c1nc(C(C)C)nnc1ONC(=O)c1ccccc1)C2. The number of nitrogens with one attached hydrogen (secondary N) is 1. The van der Waals surface area contributed by atoms with E-state index in [4.69, 9.17) is 14.6 Å². The van der Waals surface area contributed by atoms with E-state index in [-0.39, 0.29) is 17.8 Å². The Balaban J connectivity index is 1.48. The number of methoxy groups -OCH3 is 1. The van der Waals surface area contributed by atoms with Crippen LogP contribution in [0.1, 0.15) is 82.4 Å². The van der Waals surface area contributed by atoms with Gasteiger partial charge >= 0.3 is 5.88 Å². The van der Waals surface area contributed by atoms with Crippen molar-refractivity contribution in [3.63, 3.8) is 0 Å². The number of anilines is 1. The number of rotatable bonds is 15. The molecule has 0 aliphatic carbocycles. The molecule has 1 aromatic heterocycles. The maximum Gasteiger partial charge on any atom is 0.307 e. The molecule has 3 heterocycles. The second-order valence-corrected chi connectivity index (χ2v) is 12.8. The number of alkyl halides is 1. The van der Waals surface area contributed by atoms with Gasteiger partial charge in [-0.05, 0) is 57.3 Å². The van der Waals surface area contributed by atoms with Crippen molar-refractivity contribution >= 4 is 11.7 Å². The summed E-state index contributed by atoms with van der Waals surface area (Å²) in [5.74, 6) is -0.249. The topological polar surface area (TPSA) is 96.0 Å². The minimum atomic E-state index is -1.41. The number of likely N-dealkylation sites (tertiary alicyclic amines) is 1. The molecule has 0 saturated carbocycles. The monoisotopic (exact) mass is 599 g/mol. The van der Waals surface area contributed by atoms with Crippen molar-refractivity contribution in [3.05, 3.63) is 41.7 Å². The molecule has 0 unspecified atom stereocenters.